The molecule has 0 bridgehead atoms. The second kappa shape index (κ2) is 31.2. The topological polar surface area (TPSA) is 245 Å². The van der Waals surface area contributed by atoms with E-state index in [4.69, 9.17) is 57.1 Å². The zero-order chi connectivity index (χ0) is 76.2. The highest BCUT2D eigenvalue weighted by Gasteiger charge is 2.44. The maximum absolute atomic E-state index is 12.7. The number of alkyl carbamates (subject to hydrolysis) is 3. The van der Waals surface area contributed by atoms with Crippen LogP contribution in [0.5, 0.6) is 0 Å². The van der Waals surface area contributed by atoms with Gasteiger partial charge in [0, 0.05) is 59.3 Å². The van der Waals surface area contributed by atoms with Gasteiger partial charge in [-0.05, 0) is 209 Å². The lowest BCUT2D eigenvalue weighted by molar-refractivity contribution is -0.385. The quantitative estimate of drug-likeness (QED) is 0.0374. The molecule has 1 saturated heterocycles. The molecule has 3 N–H and O–H groups in total. The lowest BCUT2D eigenvalue weighted by Crippen LogP contribution is -2.52. The van der Waals surface area contributed by atoms with Crippen molar-refractivity contribution in [3.05, 3.63) is 242 Å². The minimum atomic E-state index is -0.558. The maximum atomic E-state index is 12.7. The standard InChI is InChI=1S/C37H39N5O3.C27H27ClN4O2.C21H24ClN3O4/c1-36(2,3)45-35(43)40-37(19-8-20-37)28-13-15-29(16-14-28)42-33(26-9-5-4-6-10-26)39-32-18-17-31(38-34(32)42)27-11-7-12-30(25-27)41-21-23-44-24-22-41;1-26(2,3)34-25(33)31-27(16-7-17-27)19-10-12-20(13-11-19)32-23(18-8-5-4-6-9-18)29-21-14-15-22(28)30-24(21)32;1-20(2,3)29-19(26)24-21(11-4-12-21)15-7-5-14(6-8-15)13-16-17(25(27)28)9-10-18(22)23-16/h4-7,9-18,25H,8,19-24H2,1-3H3,(H,40,43);4-6,8-15H,7,16-17H2,1-3H3,(H,31,33);5-10H,4,11-13H2,1-3H3,(H,24,26). The van der Waals surface area contributed by atoms with Crippen LogP contribution >= 0.6 is 23.2 Å². The van der Waals surface area contributed by atoms with Gasteiger partial charge in [0.05, 0.1) is 40.4 Å². The largest absolute Gasteiger partial charge is 0.444 e. The number of nitrogens with one attached hydrogen (secondary N) is 3. The van der Waals surface area contributed by atoms with Crippen LogP contribution in [0.1, 0.15) is 148 Å². The van der Waals surface area contributed by atoms with E-state index in [0.29, 0.717) is 22.9 Å². The highest BCUT2D eigenvalue weighted by Crippen LogP contribution is 2.45. The molecule has 3 aliphatic carbocycles. The van der Waals surface area contributed by atoms with Gasteiger partial charge in [-0.3, -0.25) is 19.2 Å². The van der Waals surface area contributed by atoms with E-state index in [-0.39, 0.29) is 23.0 Å². The number of benzene rings is 6. The molecule has 0 unspecified atom stereocenters. The molecule has 11 aromatic rings. The average molecular weight is 1490 g/mol. The molecule has 0 spiro atoms. The van der Waals surface area contributed by atoms with E-state index < -0.39 is 44.4 Å². The summed E-state index contributed by atoms with van der Waals surface area (Å²) < 4.78 is 26.2. The van der Waals surface area contributed by atoms with Crippen molar-refractivity contribution in [2.24, 2.45) is 0 Å². The van der Waals surface area contributed by atoms with Gasteiger partial charge in [-0.25, -0.2) is 39.3 Å². The van der Waals surface area contributed by atoms with Gasteiger partial charge in [-0.1, -0.05) is 145 Å². The Balaban J connectivity index is 0.000000147. The molecular weight excluding hydrogens is 1400 g/mol. The smallest absolute Gasteiger partial charge is 0.408 e. The number of carbonyl (C=O) groups excluding carboxylic acids is 3. The van der Waals surface area contributed by atoms with E-state index in [9.17, 15) is 24.5 Å². The average Bonchev–Trinajstić information content (AvgIpc) is 1.44. The predicted molar refractivity (Wildman–Crippen MR) is 422 cm³/mol. The third-order valence-corrected chi connectivity index (χ3v) is 20.2. The zero-order valence-electron chi connectivity index (χ0n) is 62.3. The van der Waals surface area contributed by atoms with Crippen LogP contribution in [0.15, 0.2) is 194 Å². The van der Waals surface area contributed by atoms with Gasteiger partial charge in [0.15, 0.2) is 11.3 Å². The van der Waals surface area contributed by atoms with Crippen LogP contribution in [0.25, 0.3) is 67.7 Å². The molecular formula is C85H90Cl2N12O9. The molecule has 15 rings (SSSR count). The molecule has 23 heteroatoms. The molecule has 3 amide bonds. The molecule has 0 atom stereocenters. The van der Waals surface area contributed by atoms with E-state index in [0.717, 1.165) is 168 Å². The predicted octanol–water partition coefficient (Wildman–Crippen LogP) is 19.3. The van der Waals surface area contributed by atoms with Crippen molar-refractivity contribution in [1.82, 2.24) is 50.0 Å². The summed E-state index contributed by atoms with van der Waals surface area (Å²) in [5.74, 6) is 1.62. The fourth-order valence-corrected chi connectivity index (χ4v) is 14.4. The summed E-state index contributed by atoms with van der Waals surface area (Å²) in [6.07, 6.45) is 7.44. The second-order valence-corrected chi connectivity index (χ2v) is 31.7. The van der Waals surface area contributed by atoms with Crippen LogP contribution in [-0.4, -0.2) is 100 Å². The number of hydrogen-bond acceptors (Lipinski definition) is 15. The second-order valence-electron chi connectivity index (χ2n) is 31.0. The molecule has 3 saturated carbocycles. The van der Waals surface area contributed by atoms with E-state index in [1.807, 2.05) is 158 Å². The summed E-state index contributed by atoms with van der Waals surface area (Å²) in [6.45, 7) is 20.0. The molecule has 6 heterocycles. The number of morpholine rings is 1. The Hall–Kier alpha value is -10.7. The number of ether oxygens (including phenoxy) is 4. The Morgan fingerprint density at radius 1 is 0.472 bits per heavy atom. The van der Waals surface area contributed by atoms with Crippen LogP contribution in [0, 0.1) is 10.1 Å². The van der Waals surface area contributed by atoms with Crippen LogP contribution in [0.4, 0.5) is 25.8 Å². The fourth-order valence-electron chi connectivity index (χ4n) is 14.1. The first-order valence-corrected chi connectivity index (χ1v) is 37.5. The summed E-state index contributed by atoms with van der Waals surface area (Å²) >= 11 is 12.1. The van der Waals surface area contributed by atoms with Gasteiger partial charge in [0.1, 0.15) is 55.5 Å². The monoisotopic (exact) mass is 1490 g/mol. The van der Waals surface area contributed by atoms with Crippen molar-refractivity contribution in [3.8, 4) is 45.4 Å². The number of halogens is 2. The van der Waals surface area contributed by atoms with Crippen molar-refractivity contribution in [2.45, 2.75) is 160 Å². The number of anilines is 1. The van der Waals surface area contributed by atoms with Crippen molar-refractivity contribution >= 4 is 75.2 Å². The number of pyridine rings is 3. The van der Waals surface area contributed by atoms with Crippen LogP contribution in [0.3, 0.4) is 0 Å². The number of nitrogens with zero attached hydrogens (tertiary/aromatic N) is 9. The molecule has 0 radical (unpaired) electrons. The van der Waals surface area contributed by atoms with Gasteiger partial charge in [-0.15, -0.1) is 0 Å². The number of aromatic nitrogens is 7. The number of hydrogen-bond donors (Lipinski definition) is 3. The van der Waals surface area contributed by atoms with Crippen molar-refractivity contribution in [2.75, 3.05) is 31.2 Å². The van der Waals surface area contributed by atoms with Crippen LogP contribution < -0.4 is 20.9 Å². The molecule has 6 aromatic carbocycles. The Labute approximate surface area is 638 Å². The third-order valence-electron chi connectivity index (χ3n) is 19.7. The highest BCUT2D eigenvalue weighted by molar-refractivity contribution is 6.30. The van der Waals surface area contributed by atoms with Gasteiger partial charge >= 0.3 is 18.3 Å². The SMILES string of the molecule is CC(C)(C)OC(=O)NC1(c2ccc(-n3c(-c4ccccc4)nc4ccc(-c5cccc(N6CCOCC6)c5)nc43)cc2)CCC1.CC(C)(C)OC(=O)NC1(c2ccc(-n3c(-c4ccccc4)nc4ccc(Cl)nc43)cc2)CCC1.CC(C)(C)OC(=O)NC1(c2ccc(Cc3nc(Cl)ccc3[N+](=O)[O-])cc2)CCC1. The van der Waals surface area contributed by atoms with Crippen molar-refractivity contribution in [3.63, 3.8) is 0 Å². The van der Waals surface area contributed by atoms with Gasteiger partial charge in [0.25, 0.3) is 5.69 Å². The number of fused-ring (bicyclic) bond motifs is 2. The number of nitro groups is 1. The summed E-state index contributed by atoms with van der Waals surface area (Å²) in [7, 11) is 0. The molecule has 4 fully saturated rings. The summed E-state index contributed by atoms with van der Waals surface area (Å²) in [4.78, 5) is 74.4. The van der Waals surface area contributed by atoms with Gasteiger partial charge < -0.3 is 39.8 Å². The fraction of sp³-hybridized carbons (Fsp3) is 0.341. The summed E-state index contributed by atoms with van der Waals surface area (Å²) in [5, 5.41) is 21.2. The van der Waals surface area contributed by atoms with E-state index >= 15 is 0 Å². The zero-order valence-corrected chi connectivity index (χ0v) is 63.8. The lowest BCUT2D eigenvalue weighted by atomic mass is 9.71. The normalized spacial score (nSPS) is 15.6. The number of amides is 3. The summed E-state index contributed by atoms with van der Waals surface area (Å²) in [5.41, 5.74) is 11.5. The van der Waals surface area contributed by atoms with E-state index in [1.165, 1.54) is 17.8 Å². The van der Waals surface area contributed by atoms with E-state index in [2.05, 4.69) is 120 Å². The number of imidazole rings is 2. The van der Waals surface area contributed by atoms with E-state index in [1.54, 1.807) is 6.07 Å². The van der Waals surface area contributed by atoms with Crippen LogP contribution in [0.2, 0.25) is 10.3 Å². The minimum Gasteiger partial charge on any atom is -0.444 e. The molecule has 5 aromatic heterocycles. The van der Waals surface area contributed by atoms with Crippen molar-refractivity contribution < 1.29 is 38.3 Å². The first-order chi connectivity index (χ1) is 51.6. The Morgan fingerprint density at radius 2 is 0.880 bits per heavy atom. The van der Waals surface area contributed by atoms with Gasteiger partial charge in [-0.2, -0.15) is 0 Å². The van der Waals surface area contributed by atoms with Gasteiger partial charge in [0.2, 0.25) is 0 Å². The molecule has 558 valence electrons. The Morgan fingerprint density at radius 3 is 1.31 bits per heavy atom. The molecule has 108 heavy (non-hydrogen) atoms. The molecule has 4 aliphatic rings. The Kier molecular flexibility index (Phi) is 21.8. The van der Waals surface area contributed by atoms with Crippen LogP contribution in [-0.2, 0) is 42.0 Å². The van der Waals surface area contributed by atoms with Crippen molar-refractivity contribution in [1.29, 1.82) is 0 Å². The maximum Gasteiger partial charge on any atom is 0.408 e. The summed E-state index contributed by atoms with van der Waals surface area (Å²) in [6, 6.07) is 63.7. The number of rotatable bonds is 15. The minimum absolute atomic E-state index is 0.0551. The number of carbonyl (C=O) groups is 3. The first-order valence-electron chi connectivity index (χ1n) is 36.7. The third kappa shape index (κ3) is 17.4. The molecule has 1 aliphatic heterocycles. The first kappa shape index (κ1) is 75.5. The highest BCUT2D eigenvalue weighted by atomic mass is 35.5. The lowest BCUT2D eigenvalue weighted by Gasteiger charge is -2.43. The Bertz CT molecular complexity index is 5060. The molecule has 21 nitrogen and oxygen atoms in total.